The maximum absolute atomic E-state index is 12.4. The molecule has 1 heterocycles. The number of hydrogen-bond acceptors (Lipinski definition) is 3. The molecule has 4 nitrogen and oxygen atoms in total. The molecule has 1 aromatic carbocycles. The van der Waals surface area contributed by atoms with E-state index in [1.165, 1.54) is 0 Å². The summed E-state index contributed by atoms with van der Waals surface area (Å²) in [7, 11) is 0. The van der Waals surface area contributed by atoms with Crippen LogP contribution in [0.1, 0.15) is 28.8 Å². The lowest BCUT2D eigenvalue weighted by Gasteiger charge is -2.31. The first-order valence-corrected chi connectivity index (χ1v) is 6.93. The third-order valence-electron chi connectivity index (χ3n) is 3.53. The van der Waals surface area contributed by atoms with Crippen molar-refractivity contribution >= 4 is 5.91 Å². The Morgan fingerprint density at radius 3 is 2.80 bits per heavy atom. The van der Waals surface area contributed by atoms with E-state index >= 15 is 0 Å². The third kappa shape index (κ3) is 3.60. The quantitative estimate of drug-likeness (QED) is 0.784. The predicted octanol–water partition coefficient (Wildman–Crippen LogP) is 0.841. The minimum absolute atomic E-state index is 0.0292. The number of hydrogen-bond donors (Lipinski definition) is 2. The average molecular weight is 272 g/mol. The molecule has 0 aromatic heterocycles. The molecule has 1 amide bonds. The summed E-state index contributed by atoms with van der Waals surface area (Å²) >= 11 is 0. The molecule has 1 fully saturated rings. The number of rotatable bonds is 2. The van der Waals surface area contributed by atoms with Crippen LogP contribution >= 0.6 is 0 Å². The Kier molecular flexibility index (Phi) is 5.16. The van der Waals surface area contributed by atoms with Crippen molar-refractivity contribution in [2.75, 3.05) is 26.2 Å². The topological polar surface area (TPSA) is 66.6 Å². The fraction of sp³-hybridized carbons (Fsp3) is 0.438. The lowest BCUT2D eigenvalue weighted by molar-refractivity contribution is 0.0620. The lowest BCUT2D eigenvalue weighted by atomic mass is 9.98. The number of aliphatic hydroxyl groups excluding tert-OH is 1. The second-order valence-electron chi connectivity index (χ2n) is 5.03. The number of carbonyl (C=O) groups is 1. The highest BCUT2D eigenvalue weighted by atomic mass is 16.3. The molecule has 1 aliphatic rings. The molecule has 0 saturated carbocycles. The van der Waals surface area contributed by atoms with Gasteiger partial charge in [0.05, 0.1) is 6.54 Å². The van der Waals surface area contributed by atoms with Gasteiger partial charge in [-0.15, -0.1) is 0 Å². The highest BCUT2D eigenvalue weighted by molar-refractivity contribution is 5.94. The van der Waals surface area contributed by atoms with Crippen molar-refractivity contribution in [1.82, 2.24) is 4.90 Å². The third-order valence-corrected chi connectivity index (χ3v) is 3.53. The summed E-state index contributed by atoms with van der Waals surface area (Å²) in [6.45, 7) is 1.89. The monoisotopic (exact) mass is 272 g/mol. The second-order valence-corrected chi connectivity index (χ2v) is 5.03. The number of likely N-dealkylation sites (tertiary alicyclic amines) is 1. The van der Waals surface area contributed by atoms with Gasteiger partial charge in [-0.25, -0.2) is 0 Å². The Morgan fingerprint density at radius 1 is 1.40 bits per heavy atom. The van der Waals surface area contributed by atoms with E-state index < -0.39 is 0 Å². The molecule has 4 heteroatoms. The van der Waals surface area contributed by atoms with Gasteiger partial charge in [-0.3, -0.25) is 4.79 Å². The van der Waals surface area contributed by atoms with Gasteiger partial charge < -0.3 is 15.7 Å². The lowest BCUT2D eigenvalue weighted by Crippen LogP contribution is -2.40. The molecule has 1 saturated heterocycles. The second kappa shape index (κ2) is 7.09. The average Bonchev–Trinajstić information content (AvgIpc) is 2.52. The van der Waals surface area contributed by atoms with Crippen LogP contribution in [0.25, 0.3) is 0 Å². The molecule has 0 radical (unpaired) electrons. The normalized spacial score (nSPS) is 18.3. The Balaban J connectivity index is 2.05. The zero-order valence-corrected chi connectivity index (χ0v) is 11.5. The van der Waals surface area contributed by atoms with Gasteiger partial charge >= 0.3 is 0 Å². The van der Waals surface area contributed by atoms with Crippen molar-refractivity contribution in [2.24, 2.45) is 11.7 Å². The summed E-state index contributed by atoms with van der Waals surface area (Å²) in [5, 5.41) is 9.22. The molecular formula is C16H20N2O2. The minimum Gasteiger partial charge on any atom is -0.396 e. The fourth-order valence-corrected chi connectivity index (χ4v) is 2.43. The van der Waals surface area contributed by atoms with E-state index in [-0.39, 0.29) is 18.4 Å². The van der Waals surface area contributed by atoms with Crippen LogP contribution in [0.4, 0.5) is 0 Å². The molecular weight excluding hydrogens is 252 g/mol. The number of carbonyl (C=O) groups excluding carboxylic acids is 1. The van der Waals surface area contributed by atoms with Crippen LogP contribution in [0, 0.1) is 17.8 Å². The summed E-state index contributed by atoms with van der Waals surface area (Å²) in [4.78, 5) is 14.2. The minimum atomic E-state index is 0.0292. The van der Waals surface area contributed by atoms with Crippen LogP contribution in [0.15, 0.2) is 24.3 Å². The number of benzene rings is 1. The van der Waals surface area contributed by atoms with Gasteiger partial charge in [0.1, 0.15) is 0 Å². The van der Waals surface area contributed by atoms with E-state index in [2.05, 4.69) is 11.8 Å². The molecule has 0 aliphatic carbocycles. The Bertz CT molecular complexity index is 514. The standard InChI is InChI=1S/C16H20N2O2/c17-9-1-3-13-5-7-15(8-6-13)16(20)18-10-2-4-14(11-18)12-19/h5-8,14,19H,2,4,9-12,17H2. The number of piperidine rings is 1. The molecule has 3 N–H and O–H groups in total. The highest BCUT2D eigenvalue weighted by Gasteiger charge is 2.23. The van der Waals surface area contributed by atoms with Crippen molar-refractivity contribution in [3.63, 3.8) is 0 Å². The zero-order chi connectivity index (χ0) is 14.4. The van der Waals surface area contributed by atoms with Crippen LogP contribution in [0.3, 0.4) is 0 Å². The molecule has 20 heavy (non-hydrogen) atoms. The van der Waals surface area contributed by atoms with Gasteiger partial charge in [-0.1, -0.05) is 11.8 Å². The first-order chi connectivity index (χ1) is 9.74. The van der Waals surface area contributed by atoms with Crippen LogP contribution < -0.4 is 5.73 Å². The Hall–Kier alpha value is -1.83. The van der Waals surface area contributed by atoms with Crippen LogP contribution in [-0.4, -0.2) is 42.2 Å². The molecule has 2 rings (SSSR count). The van der Waals surface area contributed by atoms with E-state index in [0.29, 0.717) is 18.7 Å². The molecule has 0 spiro atoms. The first kappa shape index (κ1) is 14.6. The largest absolute Gasteiger partial charge is 0.396 e. The van der Waals surface area contributed by atoms with Crippen molar-refractivity contribution < 1.29 is 9.90 Å². The zero-order valence-electron chi connectivity index (χ0n) is 11.5. The molecule has 1 aliphatic heterocycles. The maximum Gasteiger partial charge on any atom is 0.253 e. The van der Waals surface area contributed by atoms with Gasteiger partial charge in [0.15, 0.2) is 0 Å². The maximum atomic E-state index is 12.4. The molecule has 0 bridgehead atoms. The van der Waals surface area contributed by atoms with Gasteiger partial charge in [-0.05, 0) is 43.0 Å². The fourth-order valence-electron chi connectivity index (χ4n) is 2.43. The van der Waals surface area contributed by atoms with E-state index in [1.807, 2.05) is 17.0 Å². The number of nitrogens with zero attached hydrogens (tertiary/aromatic N) is 1. The van der Waals surface area contributed by atoms with Crippen LogP contribution in [0.5, 0.6) is 0 Å². The summed E-state index contributed by atoms with van der Waals surface area (Å²) in [5.74, 6) is 5.96. The van der Waals surface area contributed by atoms with Crippen molar-refractivity contribution in [3.8, 4) is 11.8 Å². The van der Waals surface area contributed by atoms with Gasteiger partial charge in [0, 0.05) is 30.8 Å². The summed E-state index contributed by atoms with van der Waals surface area (Å²) < 4.78 is 0. The molecule has 1 atom stereocenters. The molecule has 1 unspecified atom stereocenters. The van der Waals surface area contributed by atoms with E-state index in [1.54, 1.807) is 12.1 Å². The van der Waals surface area contributed by atoms with Crippen molar-refractivity contribution in [2.45, 2.75) is 12.8 Å². The van der Waals surface area contributed by atoms with Crippen LogP contribution in [-0.2, 0) is 0 Å². The summed E-state index contributed by atoms with van der Waals surface area (Å²) in [5.41, 5.74) is 6.85. The van der Waals surface area contributed by atoms with E-state index in [4.69, 9.17) is 5.73 Å². The number of amides is 1. The van der Waals surface area contributed by atoms with Gasteiger partial charge in [0.2, 0.25) is 0 Å². The van der Waals surface area contributed by atoms with Gasteiger partial charge in [0.25, 0.3) is 5.91 Å². The summed E-state index contributed by atoms with van der Waals surface area (Å²) in [6, 6.07) is 7.27. The Labute approximate surface area is 119 Å². The van der Waals surface area contributed by atoms with Crippen LogP contribution in [0.2, 0.25) is 0 Å². The predicted molar refractivity (Wildman–Crippen MR) is 78.1 cm³/mol. The first-order valence-electron chi connectivity index (χ1n) is 6.93. The molecule has 106 valence electrons. The summed E-state index contributed by atoms with van der Waals surface area (Å²) in [6.07, 6.45) is 1.95. The van der Waals surface area contributed by atoms with Gasteiger partial charge in [-0.2, -0.15) is 0 Å². The Morgan fingerprint density at radius 2 is 2.15 bits per heavy atom. The number of aliphatic hydroxyl groups is 1. The number of nitrogens with two attached hydrogens (primary N) is 1. The SMILES string of the molecule is NCC#Cc1ccc(C(=O)N2CCCC(CO)C2)cc1. The van der Waals surface area contributed by atoms with Crippen molar-refractivity contribution in [3.05, 3.63) is 35.4 Å². The van der Waals surface area contributed by atoms with Crippen molar-refractivity contribution in [1.29, 1.82) is 0 Å². The highest BCUT2D eigenvalue weighted by Crippen LogP contribution is 2.18. The van der Waals surface area contributed by atoms with E-state index in [9.17, 15) is 9.90 Å². The van der Waals surface area contributed by atoms with E-state index in [0.717, 1.165) is 24.9 Å². The molecule has 1 aromatic rings. The smallest absolute Gasteiger partial charge is 0.253 e.